The molecule has 0 aliphatic carbocycles. The summed E-state index contributed by atoms with van der Waals surface area (Å²) in [6, 6.07) is 8.34. The van der Waals surface area contributed by atoms with Gasteiger partial charge in [0.25, 0.3) is 0 Å². The zero-order valence-electron chi connectivity index (χ0n) is 11.2. The van der Waals surface area contributed by atoms with E-state index in [1.807, 2.05) is 0 Å². The van der Waals surface area contributed by atoms with Crippen LogP contribution in [-0.2, 0) is 6.42 Å². The molecule has 1 aromatic heterocycles. The Hall–Kier alpha value is -1.90. The summed E-state index contributed by atoms with van der Waals surface area (Å²) in [5.41, 5.74) is 4.67. The van der Waals surface area contributed by atoms with Gasteiger partial charge in [-0.1, -0.05) is 31.2 Å². The average Bonchev–Trinajstić information content (AvgIpc) is 2.39. The van der Waals surface area contributed by atoms with Gasteiger partial charge in [-0.3, -0.25) is 0 Å². The summed E-state index contributed by atoms with van der Waals surface area (Å²) < 4.78 is 0. The van der Waals surface area contributed by atoms with E-state index in [-0.39, 0.29) is 0 Å². The van der Waals surface area contributed by atoms with Crippen LogP contribution in [0.1, 0.15) is 25.0 Å². The van der Waals surface area contributed by atoms with Gasteiger partial charge in [-0.2, -0.15) is 0 Å². The van der Waals surface area contributed by atoms with Gasteiger partial charge >= 0.3 is 0 Å². The highest BCUT2D eigenvalue weighted by atomic mass is 15.0. The number of nitrogens with zero attached hydrogens (tertiary/aromatic N) is 2. The summed E-state index contributed by atoms with van der Waals surface area (Å²) in [5, 5.41) is 3.31. The standard InChI is InChI=1S/C15H19N3/c1-4-12-14(13-9-7-6-8-11(13)3)17-10-18-15(12)16-5-2/h6-10H,4-5H2,1-3H3,(H,16,17,18). The minimum atomic E-state index is 0.872. The van der Waals surface area contributed by atoms with Crippen molar-refractivity contribution in [2.45, 2.75) is 27.2 Å². The van der Waals surface area contributed by atoms with Crippen LogP contribution in [0.5, 0.6) is 0 Å². The highest BCUT2D eigenvalue weighted by Gasteiger charge is 2.12. The van der Waals surface area contributed by atoms with Crippen molar-refractivity contribution in [3.05, 3.63) is 41.7 Å². The lowest BCUT2D eigenvalue weighted by Crippen LogP contribution is -2.06. The van der Waals surface area contributed by atoms with Crippen LogP contribution in [0.2, 0.25) is 0 Å². The Balaban J connectivity index is 2.57. The average molecular weight is 241 g/mol. The van der Waals surface area contributed by atoms with Gasteiger partial charge in [0, 0.05) is 17.7 Å². The van der Waals surface area contributed by atoms with Gasteiger partial charge in [0.15, 0.2) is 0 Å². The smallest absolute Gasteiger partial charge is 0.133 e. The number of anilines is 1. The van der Waals surface area contributed by atoms with Crippen molar-refractivity contribution in [2.75, 3.05) is 11.9 Å². The Morgan fingerprint density at radius 1 is 1.11 bits per heavy atom. The predicted molar refractivity (Wildman–Crippen MR) is 75.7 cm³/mol. The number of hydrogen-bond acceptors (Lipinski definition) is 3. The molecule has 1 aromatic carbocycles. The van der Waals surface area contributed by atoms with E-state index in [9.17, 15) is 0 Å². The summed E-state index contributed by atoms with van der Waals surface area (Å²) in [7, 11) is 0. The Labute approximate surface area is 108 Å². The van der Waals surface area contributed by atoms with Gasteiger partial charge in [0.2, 0.25) is 0 Å². The van der Waals surface area contributed by atoms with Crippen LogP contribution in [0.4, 0.5) is 5.82 Å². The summed E-state index contributed by atoms with van der Waals surface area (Å²) >= 11 is 0. The quantitative estimate of drug-likeness (QED) is 0.891. The maximum Gasteiger partial charge on any atom is 0.133 e. The molecule has 94 valence electrons. The van der Waals surface area contributed by atoms with Crippen LogP contribution in [0.15, 0.2) is 30.6 Å². The molecule has 0 saturated heterocycles. The summed E-state index contributed by atoms with van der Waals surface area (Å²) in [5.74, 6) is 0.952. The van der Waals surface area contributed by atoms with E-state index in [0.29, 0.717) is 0 Å². The van der Waals surface area contributed by atoms with Crippen molar-refractivity contribution in [2.24, 2.45) is 0 Å². The highest BCUT2D eigenvalue weighted by molar-refractivity contribution is 5.70. The Kier molecular flexibility index (Phi) is 3.92. The van der Waals surface area contributed by atoms with E-state index in [1.165, 1.54) is 16.7 Å². The van der Waals surface area contributed by atoms with Crippen molar-refractivity contribution in [1.82, 2.24) is 9.97 Å². The second-order valence-electron chi connectivity index (χ2n) is 4.25. The third-order valence-corrected chi connectivity index (χ3v) is 3.04. The van der Waals surface area contributed by atoms with E-state index in [4.69, 9.17) is 0 Å². The SMILES string of the molecule is CCNc1ncnc(-c2ccccc2C)c1CC. The second kappa shape index (κ2) is 5.63. The van der Waals surface area contributed by atoms with Crippen molar-refractivity contribution >= 4 is 5.82 Å². The summed E-state index contributed by atoms with van der Waals surface area (Å²) in [6.45, 7) is 7.21. The summed E-state index contributed by atoms with van der Waals surface area (Å²) in [6.07, 6.45) is 2.56. The topological polar surface area (TPSA) is 37.8 Å². The molecule has 18 heavy (non-hydrogen) atoms. The normalized spacial score (nSPS) is 10.4. The van der Waals surface area contributed by atoms with Gasteiger partial charge in [-0.25, -0.2) is 9.97 Å². The Morgan fingerprint density at radius 2 is 1.89 bits per heavy atom. The minimum absolute atomic E-state index is 0.872. The number of benzene rings is 1. The molecule has 0 amide bonds. The zero-order chi connectivity index (χ0) is 13.0. The van der Waals surface area contributed by atoms with E-state index in [2.05, 4.69) is 60.3 Å². The van der Waals surface area contributed by atoms with Crippen LogP contribution >= 0.6 is 0 Å². The molecule has 3 nitrogen and oxygen atoms in total. The molecule has 0 aliphatic rings. The lowest BCUT2D eigenvalue weighted by molar-refractivity contribution is 1.03. The third-order valence-electron chi connectivity index (χ3n) is 3.04. The molecule has 0 spiro atoms. The largest absolute Gasteiger partial charge is 0.370 e. The molecule has 1 N–H and O–H groups in total. The van der Waals surface area contributed by atoms with E-state index < -0.39 is 0 Å². The first-order valence-electron chi connectivity index (χ1n) is 6.41. The van der Waals surface area contributed by atoms with Crippen molar-refractivity contribution in [3.63, 3.8) is 0 Å². The maximum atomic E-state index is 4.47. The first-order valence-corrected chi connectivity index (χ1v) is 6.41. The predicted octanol–water partition coefficient (Wildman–Crippen LogP) is 3.45. The molecule has 2 rings (SSSR count). The molecule has 2 aromatic rings. The van der Waals surface area contributed by atoms with Gasteiger partial charge < -0.3 is 5.32 Å². The molecule has 0 radical (unpaired) electrons. The highest BCUT2D eigenvalue weighted by Crippen LogP contribution is 2.28. The molecule has 0 aliphatic heterocycles. The molecule has 0 unspecified atom stereocenters. The summed E-state index contributed by atoms with van der Waals surface area (Å²) in [4.78, 5) is 8.81. The van der Waals surface area contributed by atoms with E-state index >= 15 is 0 Å². The molecular formula is C15H19N3. The van der Waals surface area contributed by atoms with Gasteiger partial charge in [-0.15, -0.1) is 0 Å². The van der Waals surface area contributed by atoms with Crippen molar-refractivity contribution < 1.29 is 0 Å². The lowest BCUT2D eigenvalue weighted by Gasteiger charge is -2.13. The second-order valence-corrected chi connectivity index (χ2v) is 4.25. The number of aryl methyl sites for hydroxylation is 1. The van der Waals surface area contributed by atoms with Crippen LogP contribution < -0.4 is 5.32 Å². The Morgan fingerprint density at radius 3 is 2.56 bits per heavy atom. The fourth-order valence-electron chi connectivity index (χ4n) is 2.14. The molecule has 1 heterocycles. The molecule has 3 heteroatoms. The molecular weight excluding hydrogens is 222 g/mol. The van der Waals surface area contributed by atoms with Crippen LogP contribution in [-0.4, -0.2) is 16.5 Å². The van der Waals surface area contributed by atoms with Gasteiger partial charge in [-0.05, 0) is 25.8 Å². The molecule has 0 fully saturated rings. The van der Waals surface area contributed by atoms with E-state index in [0.717, 1.165) is 24.5 Å². The van der Waals surface area contributed by atoms with Gasteiger partial charge in [0.1, 0.15) is 12.1 Å². The number of nitrogens with one attached hydrogen (secondary N) is 1. The number of aromatic nitrogens is 2. The number of hydrogen-bond donors (Lipinski definition) is 1. The van der Waals surface area contributed by atoms with Crippen molar-refractivity contribution in [3.8, 4) is 11.3 Å². The monoisotopic (exact) mass is 241 g/mol. The Bertz CT molecular complexity index is 535. The van der Waals surface area contributed by atoms with Gasteiger partial charge in [0.05, 0.1) is 5.69 Å². The van der Waals surface area contributed by atoms with E-state index in [1.54, 1.807) is 6.33 Å². The third kappa shape index (κ3) is 2.35. The van der Waals surface area contributed by atoms with Crippen LogP contribution in [0.25, 0.3) is 11.3 Å². The molecule has 0 atom stereocenters. The first-order chi connectivity index (χ1) is 8.77. The fraction of sp³-hybridized carbons (Fsp3) is 0.333. The minimum Gasteiger partial charge on any atom is -0.370 e. The van der Waals surface area contributed by atoms with Crippen LogP contribution in [0.3, 0.4) is 0 Å². The van der Waals surface area contributed by atoms with Crippen molar-refractivity contribution in [1.29, 1.82) is 0 Å². The van der Waals surface area contributed by atoms with Crippen LogP contribution in [0, 0.1) is 6.92 Å². The number of rotatable bonds is 4. The fourth-order valence-corrected chi connectivity index (χ4v) is 2.14. The zero-order valence-corrected chi connectivity index (χ0v) is 11.2. The first kappa shape index (κ1) is 12.6. The lowest BCUT2D eigenvalue weighted by atomic mass is 10.0. The molecule has 0 bridgehead atoms. The maximum absolute atomic E-state index is 4.47. The molecule has 0 saturated carbocycles.